The van der Waals surface area contributed by atoms with E-state index in [0.29, 0.717) is 5.92 Å². The summed E-state index contributed by atoms with van der Waals surface area (Å²) in [6, 6.07) is 0. The van der Waals surface area contributed by atoms with Gasteiger partial charge in [0.15, 0.2) is 5.96 Å². The molecule has 1 atom stereocenters. The minimum atomic E-state index is 0. The second-order valence-corrected chi connectivity index (χ2v) is 6.44. The second kappa shape index (κ2) is 10.2. The molecule has 0 amide bonds. The van der Waals surface area contributed by atoms with Gasteiger partial charge in [-0.1, -0.05) is 26.7 Å². The normalized spacial score (nSPS) is 18.4. The number of halogens is 1. The maximum atomic E-state index is 4.47. The number of nitrogens with one attached hydrogen (secondary N) is 1. The van der Waals surface area contributed by atoms with E-state index in [1.807, 2.05) is 25.0 Å². The van der Waals surface area contributed by atoms with Crippen LogP contribution >= 0.6 is 24.0 Å². The predicted octanol–water partition coefficient (Wildman–Crippen LogP) is 2.91. The van der Waals surface area contributed by atoms with Gasteiger partial charge in [0.25, 0.3) is 0 Å². The lowest BCUT2D eigenvalue weighted by Crippen LogP contribution is -2.42. The van der Waals surface area contributed by atoms with Gasteiger partial charge in [0.2, 0.25) is 0 Å². The van der Waals surface area contributed by atoms with Crippen LogP contribution in [0, 0.1) is 11.8 Å². The molecule has 2 heterocycles. The molecule has 132 valence electrons. The van der Waals surface area contributed by atoms with Crippen LogP contribution in [-0.4, -0.2) is 47.3 Å². The number of aromatic nitrogens is 2. The highest BCUT2D eigenvalue weighted by atomic mass is 127. The largest absolute Gasteiger partial charge is 0.356 e. The van der Waals surface area contributed by atoms with Gasteiger partial charge in [0, 0.05) is 39.9 Å². The van der Waals surface area contributed by atoms with Crippen LogP contribution in [-0.2, 0) is 13.5 Å². The monoisotopic (exact) mass is 433 g/mol. The van der Waals surface area contributed by atoms with Crippen molar-refractivity contribution >= 4 is 29.9 Å². The molecular formula is C17H32IN5. The van der Waals surface area contributed by atoms with Gasteiger partial charge in [-0.15, -0.1) is 24.0 Å². The Balaban J connectivity index is 0.00000264. The zero-order valence-corrected chi connectivity index (χ0v) is 17.3. The van der Waals surface area contributed by atoms with Crippen LogP contribution < -0.4 is 5.32 Å². The summed E-state index contributed by atoms with van der Waals surface area (Å²) in [6.07, 6.45) is 8.92. The van der Waals surface area contributed by atoms with E-state index in [-0.39, 0.29) is 24.0 Å². The molecule has 23 heavy (non-hydrogen) atoms. The quantitative estimate of drug-likeness (QED) is 0.426. The summed E-state index contributed by atoms with van der Waals surface area (Å²) in [5.74, 6) is 2.52. The van der Waals surface area contributed by atoms with Gasteiger partial charge in [0.05, 0.1) is 6.20 Å². The van der Waals surface area contributed by atoms with Crippen LogP contribution in [0.4, 0.5) is 0 Å². The van der Waals surface area contributed by atoms with Crippen molar-refractivity contribution in [3.63, 3.8) is 0 Å². The van der Waals surface area contributed by atoms with Crippen LogP contribution in [0.3, 0.4) is 0 Å². The van der Waals surface area contributed by atoms with Gasteiger partial charge < -0.3 is 10.2 Å². The number of aliphatic imine (C=N–C) groups is 1. The molecule has 0 spiro atoms. The molecule has 5 nitrogen and oxygen atoms in total. The number of guanidine groups is 1. The van der Waals surface area contributed by atoms with E-state index in [0.717, 1.165) is 37.9 Å². The van der Waals surface area contributed by atoms with Crippen LogP contribution in [0.1, 0.15) is 38.7 Å². The summed E-state index contributed by atoms with van der Waals surface area (Å²) in [5, 5.41) is 7.82. The fourth-order valence-corrected chi connectivity index (χ4v) is 3.25. The Morgan fingerprint density at radius 2 is 2.17 bits per heavy atom. The first-order chi connectivity index (χ1) is 10.7. The molecule has 1 saturated heterocycles. The fraction of sp³-hybridized carbons (Fsp3) is 0.765. The van der Waals surface area contributed by atoms with Crippen LogP contribution in [0.2, 0.25) is 0 Å². The van der Waals surface area contributed by atoms with Gasteiger partial charge in [-0.2, -0.15) is 5.10 Å². The zero-order valence-electron chi connectivity index (χ0n) is 15.0. The SMILES string of the molecule is CCC(CC)CNC(=NC)N1CCC(Cc2cnn(C)c2)C1.I. The van der Waals surface area contributed by atoms with Gasteiger partial charge in [0.1, 0.15) is 0 Å². The van der Waals surface area contributed by atoms with Crippen molar-refractivity contribution in [1.29, 1.82) is 0 Å². The van der Waals surface area contributed by atoms with Gasteiger partial charge in [-0.05, 0) is 30.2 Å². The summed E-state index contributed by atoms with van der Waals surface area (Å²) >= 11 is 0. The number of aryl methyl sites for hydroxylation is 1. The maximum Gasteiger partial charge on any atom is 0.193 e. The third-order valence-corrected chi connectivity index (χ3v) is 4.78. The minimum absolute atomic E-state index is 0. The first-order valence-corrected chi connectivity index (χ1v) is 8.59. The van der Waals surface area contributed by atoms with E-state index in [1.54, 1.807) is 0 Å². The van der Waals surface area contributed by atoms with Crippen molar-refractivity contribution in [1.82, 2.24) is 20.0 Å². The molecule has 0 saturated carbocycles. The van der Waals surface area contributed by atoms with E-state index < -0.39 is 0 Å². The summed E-state index contributed by atoms with van der Waals surface area (Å²) in [4.78, 5) is 6.88. The molecule has 1 aliphatic heterocycles. The first kappa shape index (κ1) is 20.3. The summed E-state index contributed by atoms with van der Waals surface area (Å²) in [7, 11) is 3.87. The van der Waals surface area contributed by atoms with Crippen molar-refractivity contribution in [3.05, 3.63) is 18.0 Å². The highest BCUT2D eigenvalue weighted by molar-refractivity contribution is 14.0. The standard InChI is InChI=1S/C17H31N5.HI/c1-5-14(6-2)10-19-17(18-3)22-8-7-15(13-22)9-16-11-20-21(4)12-16;/h11-12,14-15H,5-10,13H2,1-4H3,(H,18,19);1H. The van der Waals surface area contributed by atoms with E-state index in [4.69, 9.17) is 0 Å². The molecule has 1 aliphatic rings. The predicted molar refractivity (Wildman–Crippen MR) is 107 cm³/mol. The highest BCUT2D eigenvalue weighted by Gasteiger charge is 2.25. The number of rotatable bonds is 6. The summed E-state index contributed by atoms with van der Waals surface area (Å²) in [5.41, 5.74) is 1.34. The Morgan fingerprint density at radius 1 is 1.43 bits per heavy atom. The number of hydrogen-bond donors (Lipinski definition) is 1. The van der Waals surface area contributed by atoms with Gasteiger partial charge in [-0.25, -0.2) is 0 Å². The molecule has 0 aromatic carbocycles. The van der Waals surface area contributed by atoms with Crippen molar-refractivity contribution in [2.45, 2.75) is 39.5 Å². The Bertz CT molecular complexity index is 481. The summed E-state index contributed by atoms with van der Waals surface area (Å²) < 4.78 is 1.89. The third-order valence-electron chi connectivity index (χ3n) is 4.78. The van der Waals surface area contributed by atoms with E-state index >= 15 is 0 Å². The average molecular weight is 433 g/mol. The molecule has 1 aromatic rings. The smallest absolute Gasteiger partial charge is 0.193 e. The lowest BCUT2D eigenvalue weighted by molar-refractivity contribution is 0.434. The molecule has 2 rings (SSSR count). The average Bonchev–Trinajstić information content (AvgIpc) is 3.14. The molecule has 0 bridgehead atoms. The highest BCUT2D eigenvalue weighted by Crippen LogP contribution is 2.20. The van der Waals surface area contributed by atoms with Crippen molar-refractivity contribution < 1.29 is 0 Å². The molecule has 0 aliphatic carbocycles. The van der Waals surface area contributed by atoms with Crippen LogP contribution in [0.15, 0.2) is 17.4 Å². The lowest BCUT2D eigenvalue weighted by atomic mass is 10.0. The Kier molecular flexibility index (Phi) is 8.94. The molecule has 1 unspecified atom stereocenters. The maximum absolute atomic E-state index is 4.47. The molecule has 1 aromatic heterocycles. The molecular weight excluding hydrogens is 401 g/mol. The molecule has 6 heteroatoms. The number of likely N-dealkylation sites (tertiary alicyclic amines) is 1. The van der Waals surface area contributed by atoms with Gasteiger partial charge in [-0.3, -0.25) is 9.67 Å². The van der Waals surface area contributed by atoms with Crippen molar-refractivity contribution in [2.24, 2.45) is 23.9 Å². The Hall–Kier alpha value is -0.790. The number of nitrogens with zero attached hydrogens (tertiary/aromatic N) is 4. The van der Waals surface area contributed by atoms with Crippen molar-refractivity contribution in [2.75, 3.05) is 26.7 Å². The van der Waals surface area contributed by atoms with E-state index in [1.165, 1.54) is 24.8 Å². The number of hydrogen-bond acceptors (Lipinski definition) is 2. The molecule has 1 fully saturated rings. The Labute approximate surface area is 157 Å². The third kappa shape index (κ3) is 5.97. The molecule has 0 radical (unpaired) electrons. The molecule has 1 N–H and O–H groups in total. The van der Waals surface area contributed by atoms with Crippen LogP contribution in [0.25, 0.3) is 0 Å². The van der Waals surface area contributed by atoms with E-state index in [9.17, 15) is 0 Å². The lowest BCUT2D eigenvalue weighted by Gasteiger charge is -2.23. The van der Waals surface area contributed by atoms with Gasteiger partial charge >= 0.3 is 0 Å². The summed E-state index contributed by atoms with van der Waals surface area (Å²) in [6.45, 7) is 7.76. The Morgan fingerprint density at radius 3 is 2.74 bits per heavy atom. The van der Waals surface area contributed by atoms with E-state index in [2.05, 4.69) is 40.4 Å². The minimum Gasteiger partial charge on any atom is -0.356 e. The van der Waals surface area contributed by atoms with Crippen LogP contribution in [0.5, 0.6) is 0 Å². The topological polar surface area (TPSA) is 45.5 Å². The van der Waals surface area contributed by atoms with Crippen molar-refractivity contribution in [3.8, 4) is 0 Å². The zero-order chi connectivity index (χ0) is 15.9. The second-order valence-electron chi connectivity index (χ2n) is 6.44. The first-order valence-electron chi connectivity index (χ1n) is 8.59. The fourth-order valence-electron chi connectivity index (χ4n) is 3.25.